The number of fused-ring (bicyclic) bond motifs is 1. The van der Waals surface area contributed by atoms with Crippen molar-refractivity contribution in [1.29, 1.82) is 5.26 Å². The second-order valence-corrected chi connectivity index (χ2v) is 5.80. The van der Waals surface area contributed by atoms with Crippen molar-refractivity contribution in [3.63, 3.8) is 0 Å². The van der Waals surface area contributed by atoms with Gasteiger partial charge in [-0.1, -0.05) is 12.1 Å². The van der Waals surface area contributed by atoms with Crippen molar-refractivity contribution in [2.45, 2.75) is 6.92 Å². The summed E-state index contributed by atoms with van der Waals surface area (Å²) in [4.78, 5) is 4.24. The van der Waals surface area contributed by atoms with E-state index in [1.807, 2.05) is 55.5 Å². The van der Waals surface area contributed by atoms with Crippen LogP contribution in [0.25, 0.3) is 22.2 Å². The van der Waals surface area contributed by atoms with Crippen LogP contribution in [0.3, 0.4) is 0 Å². The highest BCUT2D eigenvalue weighted by Crippen LogP contribution is 2.30. The predicted octanol–water partition coefficient (Wildman–Crippen LogP) is 4.55. The fourth-order valence-corrected chi connectivity index (χ4v) is 2.85. The quantitative estimate of drug-likeness (QED) is 0.579. The predicted molar refractivity (Wildman–Crippen MR) is 98.5 cm³/mol. The number of hydrogen-bond acceptors (Lipinski definition) is 4. The number of rotatable bonds is 3. The lowest BCUT2D eigenvalue weighted by Crippen LogP contribution is -1.93. The Bertz CT molecular complexity index is 1100. The van der Waals surface area contributed by atoms with Gasteiger partial charge >= 0.3 is 0 Å². The number of para-hydroxylation sites is 1. The summed E-state index contributed by atoms with van der Waals surface area (Å²) in [7, 11) is 0. The molecule has 4 aromatic rings. The van der Waals surface area contributed by atoms with Crippen LogP contribution in [0.5, 0.6) is 0 Å². The molecule has 0 atom stereocenters. The maximum Gasteiger partial charge on any atom is 0.101 e. The van der Waals surface area contributed by atoms with Crippen LogP contribution in [0.1, 0.15) is 11.3 Å². The van der Waals surface area contributed by atoms with Crippen LogP contribution in [0.2, 0.25) is 0 Å². The van der Waals surface area contributed by atoms with E-state index in [4.69, 9.17) is 0 Å². The molecule has 0 aliphatic heterocycles. The van der Waals surface area contributed by atoms with E-state index < -0.39 is 0 Å². The van der Waals surface area contributed by atoms with Crippen molar-refractivity contribution in [3.8, 4) is 17.3 Å². The number of nitrogens with one attached hydrogen (secondary N) is 2. The minimum Gasteiger partial charge on any atom is -0.354 e. The van der Waals surface area contributed by atoms with Crippen molar-refractivity contribution in [2.75, 3.05) is 5.32 Å². The van der Waals surface area contributed by atoms with Crippen LogP contribution in [0, 0.1) is 18.3 Å². The fourth-order valence-electron chi connectivity index (χ4n) is 2.85. The average molecular weight is 325 g/mol. The molecule has 120 valence electrons. The summed E-state index contributed by atoms with van der Waals surface area (Å²) in [6.07, 6.45) is 1.79. The molecule has 2 aromatic heterocycles. The van der Waals surface area contributed by atoms with E-state index in [1.165, 1.54) is 0 Å². The number of aryl methyl sites for hydroxylation is 1. The van der Waals surface area contributed by atoms with Crippen LogP contribution in [-0.4, -0.2) is 15.2 Å². The summed E-state index contributed by atoms with van der Waals surface area (Å²) in [5.41, 5.74) is 6.12. The molecule has 2 N–H and O–H groups in total. The molecule has 5 nitrogen and oxygen atoms in total. The van der Waals surface area contributed by atoms with Crippen molar-refractivity contribution in [3.05, 3.63) is 72.1 Å². The molecule has 0 radical (unpaired) electrons. The standard InChI is InChI=1S/C20H15N5/c1-13-10-14(8-9-22-13)20-17-11-16(6-7-19(17)24-25-20)23-18-5-3-2-4-15(18)12-21/h2-11,23H,1H3,(H,24,25). The molecule has 0 saturated heterocycles. The summed E-state index contributed by atoms with van der Waals surface area (Å²) >= 11 is 0. The van der Waals surface area contributed by atoms with Gasteiger partial charge in [-0.3, -0.25) is 10.1 Å². The summed E-state index contributed by atoms with van der Waals surface area (Å²) in [5.74, 6) is 0. The highest BCUT2D eigenvalue weighted by atomic mass is 15.1. The normalized spacial score (nSPS) is 10.6. The van der Waals surface area contributed by atoms with E-state index in [9.17, 15) is 5.26 Å². The lowest BCUT2D eigenvalue weighted by atomic mass is 10.1. The Hall–Kier alpha value is -3.65. The molecule has 0 unspecified atom stereocenters. The number of pyridine rings is 1. The summed E-state index contributed by atoms with van der Waals surface area (Å²) in [6.45, 7) is 1.96. The van der Waals surface area contributed by atoms with Crippen LogP contribution in [0.4, 0.5) is 11.4 Å². The molecular formula is C20H15N5. The molecule has 2 aromatic carbocycles. The van der Waals surface area contributed by atoms with E-state index in [-0.39, 0.29) is 0 Å². The average Bonchev–Trinajstić information content (AvgIpc) is 3.05. The van der Waals surface area contributed by atoms with Crippen molar-refractivity contribution in [2.24, 2.45) is 0 Å². The minimum atomic E-state index is 0.611. The van der Waals surface area contributed by atoms with Gasteiger partial charge < -0.3 is 5.32 Å². The van der Waals surface area contributed by atoms with Crippen molar-refractivity contribution in [1.82, 2.24) is 15.2 Å². The second-order valence-electron chi connectivity index (χ2n) is 5.80. The fraction of sp³-hybridized carbons (Fsp3) is 0.0500. The number of nitriles is 1. The van der Waals surface area contributed by atoms with E-state index in [2.05, 4.69) is 26.6 Å². The van der Waals surface area contributed by atoms with Crippen LogP contribution in [-0.2, 0) is 0 Å². The first-order valence-corrected chi connectivity index (χ1v) is 7.92. The third-order valence-corrected chi connectivity index (χ3v) is 4.06. The first-order valence-electron chi connectivity index (χ1n) is 7.92. The molecule has 5 heteroatoms. The smallest absolute Gasteiger partial charge is 0.101 e. The number of H-pyrrole nitrogens is 1. The SMILES string of the molecule is Cc1cc(-c2n[nH]c3ccc(Nc4ccccc4C#N)cc23)ccn1. The number of nitrogens with zero attached hydrogens (tertiary/aromatic N) is 3. The Kier molecular flexibility index (Phi) is 3.64. The monoisotopic (exact) mass is 325 g/mol. The highest BCUT2D eigenvalue weighted by molar-refractivity contribution is 5.95. The molecule has 0 saturated carbocycles. The number of benzene rings is 2. The summed E-state index contributed by atoms with van der Waals surface area (Å²) in [6, 6.07) is 19.6. The zero-order valence-corrected chi connectivity index (χ0v) is 13.6. The van der Waals surface area contributed by atoms with Gasteiger partial charge in [0.15, 0.2) is 0 Å². The van der Waals surface area contributed by atoms with Gasteiger partial charge in [-0.15, -0.1) is 0 Å². The molecule has 0 bridgehead atoms. The highest BCUT2D eigenvalue weighted by Gasteiger charge is 2.10. The largest absolute Gasteiger partial charge is 0.354 e. The second kappa shape index (κ2) is 6.10. The van der Waals surface area contributed by atoms with Gasteiger partial charge in [-0.25, -0.2) is 0 Å². The lowest BCUT2D eigenvalue weighted by Gasteiger charge is -2.08. The third-order valence-electron chi connectivity index (χ3n) is 4.06. The van der Waals surface area contributed by atoms with Crippen LogP contribution in [0.15, 0.2) is 60.8 Å². The Morgan fingerprint density at radius 3 is 2.80 bits per heavy atom. The minimum absolute atomic E-state index is 0.611. The summed E-state index contributed by atoms with van der Waals surface area (Å²) < 4.78 is 0. The maximum atomic E-state index is 9.24. The Balaban J connectivity index is 1.77. The first kappa shape index (κ1) is 14.9. The van der Waals surface area contributed by atoms with Gasteiger partial charge in [0.1, 0.15) is 11.8 Å². The van der Waals surface area contributed by atoms with Gasteiger partial charge in [0.25, 0.3) is 0 Å². The number of aromatic amines is 1. The van der Waals surface area contributed by atoms with Gasteiger partial charge in [0.05, 0.1) is 16.8 Å². The molecule has 0 amide bonds. The molecule has 4 rings (SSSR count). The summed E-state index contributed by atoms with van der Waals surface area (Å²) in [5, 5.41) is 21.1. The molecule has 2 heterocycles. The molecule has 0 spiro atoms. The maximum absolute atomic E-state index is 9.24. The van der Waals surface area contributed by atoms with Gasteiger partial charge in [-0.2, -0.15) is 10.4 Å². The number of hydrogen-bond donors (Lipinski definition) is 2. The molecule has 0 aliphatic carbocycles. The van der Waals surface area contributed by atoms with E-state index in [0.717, 1.165) is 39.2 Å². The number of aromatic nitrogens is 3. The van der Waals surface area contributed by atoms with E-state index in [0.29, 0.717) is 5.56 Å². The van der Waals surface area contributed by atoms with E-state index in [1.54, 1.807) is 12.3 Å². The zero-order valence-electron chi connectivity index (χ0n) is 13.6. The zero-order chi connectivity index (χ0) is 17.2. The lowest BCUT2D eigenvalue weighted by molar-refractivity contribution is 1.12. The van der Waals surface area contributed by atoms with Crippen LogP contribution < -0.4 is 5.32 Å². The molecule has 0 aliphatic rings. The molecule has 0 fully saturated rings. The Labute approximate surface area is 145 Å². The Morgan fingerprint density at radius 1 is 1.08 bits per heavy atom. The molecular weight excluding hydrogens is 310 g/mol. The van der Waals surface area contributed by atoms with Crippen molar-refractivity contribution >= 4 is 22.3 Å². The van der Waals surface area contributed by atoms with Gasteiger partial charge in [-0.05, 0) is 49.4 Å². The molecule has 25 heavy (non-hydrogen) atoms. The first-order chi connectivity index (χ1) is 12.2. The van der Waals surface area contributed by atoms with Gasteiger partial charge in [0, 0.05) is 28.5 Å². The van der Waals surface area contributed by atoms with E-state index >= 15 is 0 Å². The van der Waals surface area contributed by atoms with Crippen molar-refractivity contribution < 1.29 is 0 Å². The Morgan fingerprint density at radius 2 is 1.96 bits per heavy atom. The van der Waals surface area contributed by atoms with Crippen LogP contribution >= 0.6 is 0 Å². The topological polar surface area (TPSA) is 77.4 Å². The van der Waals surface area contributed by atoms with Gasteiger partial charge in [0.2, 0.25) is 0 Å². The number of anilines is 2. The third kappa shape index (κ3) is 2.81.